The molecular weight excluding hydrogens is 178 g/mol. The lowest BCUT2D eigenvalue weighted by Crippen LogP contribution is -2.19. The first-order valence-electron chi connectivity index (χ1n) is 4.39. The van der Waals surface area contributed by atoms with Gasteiger partial charge in [-0.1, -0.05) is 30.4 Å². The van der Waals surface area contributed by atoms with E-state index in [9.17, 15) is 9.90 Å². The largest absolute Gasteiger partial charge is 0.507 e. The molecule has 14 heavy (non-hydrogen) atoms. The van der Waals surface area contributed by atoms with Gasteiger partial charge in [-0.05, 0) is 6.07 Å². The molecule has 1 aromatic carbocycles. The van der Waals surface area contributed by atoms with Crippen LogP contribution in [0.1, 0.15) is 12.5 Å². The zero-order chi connectivity index (χ0) is 10.4. The standard InChI is InChI=1S/C11H13NO2/c1-9(13)12-8-4-6-10-5-2-3-7-11(10)14/h2-7,14H,8H2,1H3,(H,12,13). The Morgan fingerprint density at radius 3 is 2.86 bits per heavy atom. The summed E-state index contributed by atoms with van der Waals surface area (Å²) in [5, 5.41) is 12.0. The van der Waals surface area contributed by atoms with Crippen molar-refractivity contribution in [2.75, 3.05) is 6.54 Å². The molecule has 3 heteroatoms. The number of para-hydroxylation sites is 1. The van der Waals surface area contributed by atoms with Crippen LogP contribution in [0.4, 0.5) is 0 Å². The van der Waals surface area contributed by atoms with Gasteiger partial charge in [-0.3, -0.25) is 4.79 Å². The molecule has 3 nitrogen and oxygen atoms in total. The van der Waals surface area contributed by atoms with E-state index in [1.165, 1.54) is 6.92 Å². The second-order valence-corrected chi connectivity index (χ2v) is 2.90. The molecule has 0 bridgehead atoms. The van der Waals surface area contributed by atoms with Gasteiger partial charge in [0.25, 0.3) is 0 Å². The number of phenolic OH excluding ortho intramolecular Hbond substituents is 1. The van der Waals surface area contributed by atoms with Gasteiger partial charge in [0.15, 0.2) is 0 Å². The average molecular weight is 191 g/mol. The van der Waals surface area contributed by atoms with Crippen LogP contribution in [0, 0.1) is 0 Å². The highest BCUT2D eigenvalue weighted by atomic mass is 16.3. The van der Waals surface area contributed by atoms with Crippen molar-refractivity contribution in [3.8, 4) is 5.75 Å². The van der Waals surface area contributed by atoms with E-state index < -0.39 is 0 Å². The summed E-state index contributed by atoms with van der Waals surface area (Å²) in [5.41, 5.74) is 0.748. The fourth-order valence-electron chi connectivity index (χ4n) is 1.02. The van der Waals surface area contributed by atoms with E-state index in [0.717, 1.165) is 5.56 Å². The number of hydrogen-bond acceptors (Lipinski definition) is 2. The Morgan fingerprint density at radius 1 is 1.50 bits per heavy atom. The van der Waals surface area contributed by atoms with Crippen LogP contribution in [-0.4, -0.2) is 17.6 Å². The minimum Gasteiger partial charge on any atom is -0.507 e. The Balaban J connectivity index is 2.52. The monoisotopic (exact) mass is 191 g/mol. The second-order valence-electron chi connectivity index (χ2n) is 2.90. The number of phenols is 1. The second kappa shape index (κ2) is 5.07. The number of amides is 1. The van der Waals surface area contributed by atoms with E-state index in [2.05, 4.69) is 5.32 Å². The van der Waals surface area contributed by atoms with Crippen LogP contribution in [0.15, 0.2) is 30.3 Å². The molecule has 0 aromatic heterocycles. The van der Waals surface area contributed by atoms with Crippen LogP contribution < -0.4 is 5.32 Å². The number of nitrogens with one attached hydrogen (secondary N) is 1. The summed E-state index contributed by atoms with van der Waals surface area (Å²) in [6.07, 6.45) is 3.56. The molecule has 0 aliphatic carbocycles. The van der Waals surface area contributed by atoms with Crippen molar-refractivity contribution in [3.05, 3.63) is 35.9 Å². The topological polar surface area (TPSA) is 49.3 Å². The lowest BCUT2D eigenvalue weighted by Gasteiger charge is -1.97. The average Bonchev–Trinajstić information content (AvgIpc) is 2.15. The van der Waals surface area contributed by atoms with E-state index in [4.69, 9.17) is 0 Å². The van der Waals surface area contributed by atoms with Crippen molar-refractivity contribution >= 4 is 12.0 Å². The third-order valence-corrected chi connectivity index (χ3v) is 1.70. The molecule has 0 aliphatic heterocycles. The fourth-order valence-corrected chi connectivity index (χ4v) is 1.02. The van der Waals surface area contributed by atoms with Crippen LogP contribution in [-0.2, 0) is 4.79 Å². The fraction of sp³-hybridized carbons (Fsp3) is 0.182. The summed E-state index contributed by atoms with van der Waals surface area (Å²) in [7, 11) is 0. The zero-order valence-corrected chi connectivity index (χ0v) is 8.03. The van der Waals surface area contributed by atoms with Crippen molar-refractivity contribution in [2.45, 2.75) is 6.92 Å². The van der Waals surface area contributed by atoms with E-state index in [-0.39, 0.29) is 11.7 Å². The number of benzene rings is 1. The minimum atomic E-state index is -0.0630. The van der Waals surface area contributed by atoms with Crippen LogP contribution >= 0.6 is 0 Å². The molecule has 1 rings (SSSR count). The van der Waals surface area contributed by atoms with Crippen LogP contribution in [0.2, 0.25) is 0 Å². The highest BCUT2D eigenvalue weighted by Crippen LogP contribution is 2.16. The van der Waals surface area contributed by atoms with Crippen molar-refractivity contribution in [1.29, 1.82) is 0 Å². The quantitative estimate of drug-likeness (QED) is 0.761. The molecule has 0 radical (unpaired) electrons. The molecule has 1 aromatic rings. The molecule has 0 aliphatic rings. The predicted molar refractivity (Wildman–Crippen MR) is 55.8 cm³/mol. The summed E-state index contributed by atoms with van der Waals surface area (Å²) in [6.45, 7) is 1.94. The van der Waals surface area contributed by atoms with E-state index in [1.807, 2.05) is 6.07 Å². The van der Waals surface area contributed by atoms with Crippen molar-refractivity contribution in [1.82, 2.24) is 5.32 Å². The van der Waals surface area contributed by atoms with Gasteiger partial charge in [0, 0.05) is 19.0 Å². The molecule has 2 N–H and O–H groups in total. The zero-order valence-electron chi connectivity index (χ0n) is 8.03. The SMILES string of the molecule is CC(=O)NCC=Cc1ccccc1O. The molecular formula is C11H13NO2. The van der Waals surface area contributed by atoms with Crippen molar-refractivity contribution < 1.29 is 9.90 Å². The lowest BCUT2D eigenvalue weighted by molar-refractivity contribution is -0.118. The maximum atomic E-state index is 10.5. The Kier molecular flexibility index (Phi) is 3.73. The number of carbonyl (C=O) groups excluding carboxylic acids is 1. The molecule has 0 heterocycles. The molecule has 0 atom stereocenters. The van der Waals surface area contributed by atoms with Crippen LogP contribution in [0.3, 0.4) is 0 Å². The van der Waals surface area contributed by atoms with Gasteiger partial charge in [0.2, 0.25) is 5.91 Å². The molecule has 74 valence electrons. The van der Waals surface area contributed by atoms with E-state index in [0.29, 0.717) is 6.54 Å². The van der Waals surface area contributed by atoms with E-state index >= 15 is 0 Å². The van der Waals surface area contributed by atoms with Gasteiger partial charge in [0.1, 0.15) is 5.75 Å². The Morgan fingerprint density at radius 2 is 2.21 bits per heavy atom. The van der Waals surface area contributed by atoms with Crippen molar-refractivity contribution in [3.63, 3.8) is 0 Å². The summed E-state index contributed by atoms with van der Waals surface area (Å²) in [5.74, 6) is 0.179. The number of aromatic hydroxyl groups is 1. The summed E-state index contributed by atoms with van der Waals surface area (Å²) < 4.78 is 0. The molecule has 0 fully saturated rings. The first-order chi connectivity index (χ1) is 6.70. The van der Waals surface area contributed by atoms with Gasteiger partial charge in [-0.25, -0.2) is 0 Å². The molecule has 0 unspecified atom stereocenters. The first kappa shape index (κ1) is 10.3. The lowest BCUT2D eigenvalue weighted by atomic mass is 10.2. The number of rotatable bonds is 3. The summed E-state index contributed by atoms with van der Waals surface area (Å²) in [4.78, 5) is 10.5. The highest BCUT2D eigenvalue weighted by molar-refractivity contribution is 5.73. The summed E-state index contributed by atoms with van der Waals surface area (Å²) in [6, 6.07) is 7.04. The maximum absolute atomic E-state index is 10.5. The highest BCUT2D eigenvalue weighted by Gasteiger charge is 1.92. The maximum Gasteiger partial charge on any atom is 0.217 e. The molecule has 0 saturated heterocycles. The van der Waals surface area contributed by atoms with Gasteiger partial charge < -0.3 is 10.4 Å². The van der Waals surface area contributed by atoms with Crippen LogP contribution in [0.25, 0.3) is 6.08 Å². The van der Waals surface area contributed by atoms with Crippen molar-refractivity contribution in [2.24, 2.45) is 0 Å². The first-order valence-corrected chi connectivity index (χ1v) is 4.39. The van der Waals surface area contributed by atoms with Crippen LogP contribution in [0.5, 0.6) is 5.75 Å². The number of hydrogen-bond donors (Lipinski definition) is 2. The third-order valence-electron chi connectivity index (χ3n) is 1.70. The smallest absolute Gasteiger partial charge is 0.217 e. The van der Waals surface area contributed by atoms with Gasteiger partial charge in [0.05, 0.1) is 0 Å². The summed E-state index contributed by atoms with van der Waals surface area (Å²) >= 11 is 0. The molecule has 0 saturated carbocycles. The van der Waals surface area contributed by atoms with Gasteiger partial charge in [-0.15, -0.1) is 0 Å². The third kappa shape index (κ3) is 3.31. The normalized spacial score (nSPS) is 10.4. The predicted octanol–water partition coefficient (Wildman–Crippen LogP) is 1.54. The molecule has 0 spiro atoms. The Labute approximate surface area is 83.1 Å². The Hall–Kier alpha value is -1.77. The Bertz CT molecular complexity index is 345. The van der Waals surface area contributed by atoms with Gasteiger partial charge in [-0.2, -0.15) is 0 Å². The molecule has 1 amide bonds. The number of carbonyl (C=O) groups is 1. The van der Waals surface area contributed by atoms with Gasteiger partial charge >= 0.3 is 0 Å². The minimum absolute atomic E-state index is 0.0630. The van der Waals surface area contributed by atoms with E-state index in [1.54, 1.807) is 30.4 Å².